The van der Waals surface area contributed by atoms with Crippen LogP contribution in [0, 0.1) is 11.8 Å². The highest BCUT2D eigenvalue weighted by Crippen LogP contribution is 2.41. The molecule has 36 heavy (non-hydrogen) atoms. The zero-order valence-corrected chi connectivity index (χ0v) is 23.1. The van der Waals surface area contributed by atoms with Crippen LogP contribution in [0.2, 0.25) is 0 Å². The summed E-state index contributed by atoms with van der Waals surface area (Å²) in [5.74, 6) is -0.264. The van der Waals surface area contributed by atoms with E-state index in [-0.39, 0.29) is 41.5 Å². The third kappa shape index (κ3) is 8.71. The smallest absolute Gasteiger partial charge is 0.408 e. The Morgan fingerprint density at radius 2 is 1.81 bits per heavy atom. The molecule has 0 aliphatic heterocycles. The Morgan fingerprint density at radius 3 is 2.31 bits per heavy atom. The molecule has 5 unspecified atom stereocenters. The molecule has 5 atom stereocenters. The molecule has 1 aliphatic rings. The lowest BCUT2D eigenvalue weighted by atomic mass is 9.98. The van der Waals surface area contributed by atoms with Gasteiger partial charge in [-0.2, -0.15) is 0 Å². The fraction of sp³-hybridized carbons (Fsp3) is 0.679. The van der Waals surface area contributed by atoms with Gasteiger partial charge in [0, 0.05) is 12.1 Å². The average Bonchev–Trinajstić information content (AvgIpc) is 3.45. The van der Waals surface area contributed by atoms with E-state index >= 15 is 0 Å². The maximum atomic E-state index is 14.1. The molecule has 3 amide bonds. The van der Waals surface area contributed by atoms with E-state index in [2.05, 4.69) is 17.6 Å². The van der Waals surface area contributed by atoms with E-state index in [9.17, 15) is 19.5 Å². The Labute approximate surface area is 216 Å². The highest BCUT2D eigenvalue weighted by molar-refractivity contribution is 5.92. The molecular weight excluding hydrogens is 458 g/mol. The molecule has 3 N–H and O–H groups in total. The minimum Gasteiger partial charge on any atom is -0.508 e. The summed E-state index contributed by atoms with van der Waals surface area (Å²) in [7, 11) is 0. The van der Waals surface area contributed by atoms with Gasteiger partial charge in [-0.05, 0) is 76.5 Å². The van der Waals surface area contributed by atoms with Gasteiger partial charge in [0.2, 0.25) is 11.8 Å². The van der Waals surface area contributed by atoms with Gasteiger partial charge in [-0.15, -0.1) is 0 Å². The lowest BCUT2D eigenvalue weighted by Gasteiger charge is -2.36. The van der Waals surface area contributed by atoms with Crippen LogP contribution in [0.25, 0.3) is 0 Å². The van der Waals surface area contributed by atoms with Crippen molar-refractivity contribution in [2.24, 2.45) is 11.8 Å². The molecule has 0 saturated heterocycles. The van der Waals surface area contributed by atoms with Crippen molar-refractivity contribution in [3.05, 3.63) is 29.8 Å². The number of nitrogens with one attached hydrogen (secondary N) is 2. The number of carbonyl (C=O) groups is 3. The standard InChI is InChI=1S/C28H45N3O5/c1-9-11-19(5)29-25(33)24(20-12-10-13-21(32)16-20)31(23-15-18(23)4)26(34)22(14-17(2)3)30-27(35)36-28(6,7)8/h10,12-13,16-19,22-24,32H,9,11,14-15H2,1-8H3,(H,29,33)(H,30,35). The molecule has 0 bridgehead atoms. The molecule has 1 aromatic rings. The van der Waals surface area contributed by atoms with Crippen molar-refractivity contribution >= 4 is 17.9 Å². The number of carbonyl (C=O) groups excluding carboxylic acids is 3. The topological polar surface area (TPSA) is 108 Å². The fourth-order valence-corrected chi connectivity index (χ4v) is 4.46. The molecule has 0 radical (unpaired) electrons. The minimum atomic E-state index is -0.936. The second-order valence-electron chi connectivity index (χ2n) is 11.6. The lowest BCUT2D eigenvalue weighted by Crippen LogP contribution is -2.55. The Balaban J connectivity index is 2.48. The molecule has 1 saturated carbocycles. The van der Waals surface area contributed by atoms with Crippen LogP contribution in [-0.2, 0) is 14.3 Å². The first kappa shape index (κ1) is 29.5. The van der Waals surface area contributed by atoms with Crippen molar-refractivity contribution in [1.82, 2.24) is 15.5 Å². The van der Waals surface area contributed by atoms with Crippen LogP contribution in [0.15, 0.2) is 24.3 Å². The van der Waals surface area contributed by atoms with E-state index in [1.165, 1.54) is 12.1 Å². The normalized spacial score (nSPS) is 19.7. The zero-order valence-electron chi connectivity index (χ0n) is 23.1. The number of nitrogens with zero attached hydrogens (tertiary/aromatic N) is 1. The number of rotatable bonds is 11. The Morgan fingerprint density at radius 1 is 1.17 bits per heavy atom. The summed E-state index contributed by atoms with van der Waals surface area (Å²) in [6, 6.07) is 4.48. The lowest BCUT2D eigenvalue weighted by molar-refractivity contribution is -0.144. The summed E-state index contributed by atoms with van der Waals surface area (Å²) in [4.78, 5) is 42.1. The molecule has 8 heteroatoms. The summed E-state index contributed by atoms with van der Waals surface area (Å²) in [5.41, 5.74) is -0.177. The zero-order chi connectivity index (χ0) is 27.2. The number of ether oxygens (including phenoxy) is 1. The Bertz CT molecular complexity index is 911. The number of hydrogen-bond acceptors (Lipinski definition) is 5. The molecule has 1 fully saturated rings. The van der Waals surface area contributed by atoms with Crippen LogP contribution in [-0.4, -0.2) is 51.6 Å². The van der Waals surface area contributed by atoms with Crippen molar-refractivity contribution in [1.29, 1.82) is 0 Å². The molecule has 1 aromatic carbocycles. The van der Waals surface area contributed by atoms with Crippen LogP contribution in [0.3, 0.4) is 0 Å². The van der Waals surface area contributed by atoms with Crippen LogP contribution < -0.4 is 10.6 Å². The number of alkyl carbamates (subject to hydrolysis) is 1. The Hall–Kier alpha value is -2.77. The first-order valence-corrected chi connectivity index (χ1v) is 13.1. The average molecular weight is 504 g/mol. The van der Waals surface area contributed by atoms with Gasteiger partial charge in [0.05, 0.1) is 0 Å². The SMILES string of the molecule is CCCC(C)NC(=O)C(c1cccc(O)c1)N(C(=O)C(CC(C)C)NC(=O)OC(C)(C)C)C1CC1C. The minimum absolute atomic E-state index is 0.0220. The van der Waals surface area contributed by atoms with Gasteiger partial charge in [0.1, 0.15) is 23.4 Å². The second-order valence-corrected chi connectivity index (χ2v) is 11.6. The van der Waals surface area contributed by atoms with Crippen molar-refractivity contribution in [3.63, 3.8) is 0 Å². The molecule has 2 rings (SSSR count). The van der Waals surface area contributed by atoms with Gasteiger partial charge in [-0.25, -0.2) is 4.79 Å². The van der Waals surface area contributed by atoms with Gasteiger partial charge in [-0.1, -0.05) is 46.2 Å². The number of benzene rings is 1. The van der Waals surface area contributed by atoms with Crippen molar-refractivity contribution in [3.8, 4) is 5.75 Å². The summed E-state index contributed by atoms with van der Waals surface area (Å²) in [6.07, 6.45) is 2.22. The molecule has 0 aromatic heterocycles. The maximum absolute atomic E-state index is 14.1. The van der Waals surface area contributed by atoms with Gasteiger partial charge in [-0.3, -0.25) is 9.59 Å². The van der Waals surface area contributed by atoms with Gasteiger partial charge in [0.25, 0.3) is 0 Å². The summed E-state index contributed by atoms with van der Waals surface area (Å²) >= 11 is 0. The number of phenolic OH excluding ortho intramolecular Hbond substituents is 1. The fourth-order valence-electron chi connectivity index (χ4n) is 4.46. The van der Waals surface area contributed by atoms with E-state index in [0.29, 0.717) is 12.0 Å². The van der Waals surface area contributed by atoms with Crippen LogP contribution >= 0.6 is 0 Å². The largest absolute Gasteiger partial charge is 0.508 e. The van der Waals surface area contributed by atoms with Gasteiger partial charge < -0.3 is 25.4 Å². The first-order valence-electron chi connectivity index (χ1n) is 13.1. The van der Waals surface area contributed by atoms with E-state index < -0.39 is 23.8 Å². The molecular formula is C28H45N3O5. The second kappa shape index (κ2) is 12.5. The van der Waals surface area contributed by atoms with Crippen molar-refractivity contribution in [2.75, 3.05) is 0 Å². The number of aromatic hydroxyl groups is 1. The summed E-state index contributed by atoms with van der Waals surface area (Å²) < 4.78 is 5.43. The van der Waals surface area contributed by atoms with Gasteiger partial charge in [0.15, 0.2) is 0 Å². The Kier molecular flexibility index (Phi) is 10.2. The van der Waals surface area contributed by atoms with Crippen LogP contribution in [0.1, 0.15) is 92.7 Å². The quantitative estimate of drug-likeness (QED) is 0.397. The first-order chi connectivity index (χ1) is 16.7. The third-order valence-corrected chi connectivity index (χ3v) is 6.20. The van der Waals surface area contributed by atoms with E-state index in [4.69, 9.17) is 4.74 Å². The molecule has 0 spiro atoms. The van der Waals surface area contributed by atoms with Crippen LogP contribution in [0.5, 0.6) is 5.75 Å². The molecule has 0 heterocycles. The molecule has 202 valence electrons. The van der Waals surface area contributed by atoms with E-state index in [0.717, 1.165) is 19.3 Å². The monoisotopic (exact) mass is 503 g/mol. The number of hydrogen-bond donors (Lipinski definition) is 3. The van der Waals surface area contributed by atoms with E-state index in [1.54, 1.807) is 37.8 Å². The van der Waals surface area contributed by atoms with Gasteiger partial charge >= 0.3 is 6.09 Å². The number of amides is 3. The summed E-state index contributed by atoms with van der Waals surface area (Å²) in [6.45, 7) is 15.3. The van der Waals surface area contributed by atoms with Crippen molar-refractivity contribution in [2.45, 2.75) is 111 Å². The predicted octanol–water partition coefficient (Wildman–Crippen LogP) is 4.91. The maximum Gasteiger partial charge on any atom is 0.408 e. The molecule has 8 nitrogen and oxygen atoms in total. The predicted molar refractivity (Wildman–Crippen MR) is 140 cm³/mol. The summed E-state index contributed by atoms with van der Waals surface area (Å²) in [5, 5.41) is 16.0. The number of phenols is 1. The van der Waals surface area contributed by atoms with Crippen LogP contribution in [0.4, 0.5) is 4.79 Å². The highest BCUT2D eigenvalue weighted by Gasteiger charge is 2.48. The van der Waals surface area contributed by atoms with Crippen molar-refractivity contribution < 1.29 is 24.2 Å². The highest BCUT2D eigenvalue weighted by atomic mass is 16.6. The molecule has 1 aliphatic carbocycles. The van der Waals surface area contributed by atoms with E-state index in [1.807, 2.05) is 27.7 Å². The third-order valence-electron chi connectivity index (χ3n) is 6.20.